The highest BCUT2D eigenvalue weighted by Gasteiger charge is 2.26. The van der Waals surface area contributed by atoms with Crippen molar-refractivity contribution in [3.8, 4) is 5.75 Å². The van der Waals surface area contributed by atoms with Gasteiger partial charge in [0.15, 0.2) is 5.96 Å². The Balaban J connectivity index is 1.59. The lowest BCUT2D eigenvalue weighted by Crippen LogP contribution is -2.39. The summed E-state index contributed by atoms with van der Waals surface area (Å²) in [6.45, 7) is 2.73. The first kappa shape index (κ1) is 16.4. The highest BCUT2D eigenvalue weighted by atomic mass is 16.5. The van der Waals surface area contributed by atoms with E-state index in [0.29, 0.717) is 5.92 Å². The molecule has 1 aliphatic heterocycles. The van der Waals surface area contributed by atoms with Crippen LogP contribution in [0.25, 0.3) is 0 Å². The van der Waals surface area contributed by atoms with Crippen molar-refractivity contribution >= 4 is 5.96 Å². The Kier molecular flexibility index (Phi) is 5.03. The number of nitrogens with zero attached hydrogens (tertiary/aromatic N) is 4. The largest absolute Gasteiger partial charge is 0.497 e. The number of rotatable bonds is 4. The average molecular weight is 327 g/mol. The molecule has 6 nitrogen and oxygen atoms in total. The minimum Gasteiger partial charge on any atom is -0.497 e. The van der Waals surface area contributed by atoms with Gasteiger partial charge in [-0.15, -0.1) is 0 Å². The minimum absolute atomic E-state index is 0.533. The number of likely N-dealkylation sites (tertiary alicyclic amines) is 1. The second-order valence-electron chi connectivity index (χ2n) is 6.05. The van der Waals surface area contributed by atoms with Crippen molar-refractivity contribution in [2.45, 2.75) is 18.9 Å². The predicted molar refractivity (Wildman–Crippen MR) is 95.3 cm³/mol. The zero-order valence-electron chi connectivity index (χ0n) is 14.6. The quantitative estimate of drug-likeness (QED) is 0.689. The smallest absolute Gasteiger partial charge is 0.193 e. The van der Waals surface area contributed by atoms with E-state index < -0.39 is 0 Å². The summed E-state index contributed by atoms with van der Waals surface area (Å²) in [5, 5.41) is 7.64. The van der Waals surface area contributed by atoms with Crippen LogP contribution in [-0.4, -0.2) is 47.9 Å². The van der Waals surface area contributed by atoms with Gasteiger partial charge in [0, 0.05) is 39.3 Å². The van der Waals surface area contributed by atoms with E-state index in [4.69, 9.17) is 4.74 Å². The van der Waals surface area contributed by atoms with Gasteiger partial charge < -0.3 is 15.0 Å². The van der Waals surface area contributed by atoms with E-state index >= 15 is 0 Å². The van der Waals surface area contributed by atoms with Crippen LogP contribution >= 0.6 is 0 Å². The van der Waals surface area contributed by atoms with E-state index in [1.165, 1.54) is 5.56 Å². The van der Waals surface area contributed by atoms with Gasteiger partial charge in [-0.25, -0.2) is 0 Å². The molecule has 0 saturated carbocycles. The molecule has 0 spiro atoms. The number of benzene rings is 1. The summed E-state index contributed by atoms with van der Waals surface area (Å²) in [6.07, 6.45) is 2.95. The Labute approximate surface area is 143 Å². The van der Waals surface area contributed by atoms with Gasteiger partial charge in [0.25, 0.3) is 0 Å². The van der Waals surface area contributed by atoms with Crippen LogP contribution in [0.5, 0.6) is 5.75 Å². The number of hydrogen-bond acceptors (Lipinski definition) is 3. The summed E-state index contributed by atoms with van der Waals surface area (Å²) in [7, 11) is 5.49. The Morgan fingerprint density at radius 1 is 1.33 bits per heavy atom. The highest BCUT2D eigenvalue weighted by Crippen LogP contribution is 2.28. The molecule has 1 N–H and O–H groups in total. The topological polar surface area (TPSA) is 54.7 Å². The van der Waals surface area contributed by atoms with Crippen molar-refractivity contribution in [2.75, 3.05) is 27.2 Å². The summed E-state index contributed by atoms with van der Waals surface area (Å²) in [5.41, 5.74) is 2.50. The standard InChI is InChI=1S/C18H25N5O/c1-19-18(20-12-16-8-10-21-22(16)2)23-11-9-15(13-23)14-4-6-17(24-3)7-5-14/h4-8,10,15H,9,11-13H2,1-3H3,(H,19,20). The fourth-order valence-electron chi connectivity index (χ4n) is 3.18. The lowest BCUT2D eigenvalue weighted by Gasteiger charge is -2.22. The number of nitrogens with one attached hydrogen (secondary N) is 1. The van der Waals surface area contributed by atoms with Crippen molar-refractivity contribution in [2.24, 2.45) is 12.0 Å². The lowest BCUT2D eigenvalue weighted by molar-refractivity contribution is 0.414. The average Bonchev–Trinajstić information content (AvgIpc) is 3.25. The molecule has 2 heterocycles. The van der Waals surface area contributed by atoms with Crippen molar-refractivity contribution in [1.82, 2.24) is 20.0 Å². The summed E-state index contributed by atoms with van der Waals surface area (Å²) in [6, 6.07) is 10.4. The molecule has 3 rings (SSSR count). The second kappa shape index (κ2) is 7.38. The first-order chi connectivity index (χ1) is 11.7. The number of aryl methyl sites for hydroxylation is 1. The molecular weight excluding hydrogens is 302 g/mol. The van der Waals surface area contributed by atoms with Crippen molar-refractivity contribution in [3.05, 3.63) is 47.8 Å². The summed E-state index contributed by atoms with van der Waals surface area (Å²) in [4.78, 5) is 6.76. The number of hydrogen-bond donors (Lipinski definition) is 1. The molecule has 0 amide bonds. The molecule has 128 valence electrons. The van der Waals surface area contributed by atoms with Crippen LogP contribution in [0.15, 0.2) is 41.5 Å². The molecule has 1 aromatic heterocycles. The van der Waals surface area contributed by atoms with E-state index in [1.54, 1.807) is 7.11 Å². The number of guanidine groups is 1. The number of aromatic nitrogens is 2. The Hall–Kier alpha value is -2.50. The van der Waals surface area contributed by atoms with Crippen molar-refractivity contribution in [1.29, 1.82) is 0 Å². The molecule has 24 heavy (non-hydrogen) atoms. The van der Waals surface area contributed by atoms with Gasteiger partial charge in [0.2, 0.25) is 0 Å². The van der Waals surface area contributed by atoms with Crippen molar-refractivity contribution < 1.29 is 4.74 Å². The molecule has 0 aliphatic carbocycles. The minimum atomic E-state index is 0.533. The number of ether oxygens (including phenoxy) is 1. The summed E-state index contributed by atoms with van der Waals surface area (Å²) < 4.78 is 7.12. The van der Waals surface area contributed by atoms with Crippen LogP contribution < -0.4 is 10.1 Å². The SMILES string of the molecule is CN=C(NCc1ccnn1C)N1CCC(c2ccc(OC)cc2)C1. The van der Waals surface area contributed by atoms with Gasteiger partial charge >= 0.3 is 0 Å². The van der Waals surface area contributed by atoms with E-state index in [0.717, 1.165) is 43.5 Å². The number of methoxy groups -OCH3 is 1. The van der Waals surface area contributed by atoms with E-state index in [1.807, 2.05) is 43.2 Å². The normalized spacial score (nSPS) is 18.0. The molecule has 1 fully saturated rings. The van der Waals surface area contributed by atoms with Gasteiger partial charge in [-0.2, -0.15) is 5.10 Å². The summed E-state index contributed by atoms with van der Waals surface area (Å²) in [5.74, 6) is 2.39. The van der Waals surface area contributed by atoms with Crippen LogP contribution in [0, 0.1) is 0 Å². The monoisotopic (exact) mass is 327 g/mol. The zero-order chi connectivity index (χ0) is 16.9. The Morgan fingerprint density at radius 2 is 2.12 bits per heavy atom. The maximum absolute atomic E-state index is 5.24. The first-order valence-corrected chi connectivity index (χ1v) is 8.27. The van der Waals surface area contributed by atoms with Gasteiger partial charge in [0.05, 0.1) is 19.3 Å². The third-order valence-electron chi connectivity index (χ3n) is 4.64. The fourth-order valence-corrected chi connectivity index (χ4v) is 3.18. The molecule has 1 aromatic carbocycles. The van der Waals surface area contributed by atoms with Crippen LogP contribution in [0.1, 0.15) is 23.6 Å². The first-order valence-electron chi connectivity index (χ1n) is 8.27. The lowest BCUT2D eigenvalue weighted by atomic mass is 9.98. The van der Waals surface area contributed by atoms with Crippen LogP contribution in [0.4, 0.5) is 0 Å². The second-order valence-corrected chi connectivity index (χ2v) is 6.05. The maximum atomic E-state index is 5.24. The highest BCUT2D eigenvalue weighted by molar-refractivity contribution is 5.80. The molecular formula is C18H25N5O. The third-order valence-corrected chi connectivity index (χ3v) is 4.64. The predicted octanol–water partition coefficient (Wildman–Crippen LogP) is 1.99. The van der Waals surface area contributed by atoms with E-state index in [2.05, 4.69) is 32.4 Å². The Morgan fingerprint density at radius 3 is 2.75 bits per heavy atom. The molecule has 1 unspecified atom stereocenters. The van der Waals surface area contributed by atoms with Crippen LogP contribution in [0.2, 0.25) is 0 Å². The molecule has 0 radical (unpaired) electrons. The fraction of sp³-hybridized carbons (Fsp3) is 0.444. The molecule has 0 bridgehead atoms. The zero-order valence-corrected chi connectivity index (χ0v) is 14.6. The molecule has 2 aromatic rings. The van der Waals surface area contributed by atoms with Gasteiger partial charge in [-0.3, -0.25) is 9.67 Å². The molecule has 1 aliphatic rings. The van der Waals surface area contributed by atoms with Gasteiger partial charge in [0.1, 0.15) is 5.75 Å². The van der Waals surface area contributed by atoms with Gasteiger partial charge in [-0.1, -0.05) is 12.1 Å². The summed E-state index contributed by atoms with van der Waals surface area (Å²) >= 11 is 0. The maximum Gasteiger partial charge on any atom is 0.193 e. The van der Waals surface area contributed by atoms with E-state index in [-0.39, 0.29) is 0 Å². The van der Waals surface area contributed by atoms with Crippen molar-refractivity contribution in [3.63, 3.8) is 0 Å². The van der Waals surface area contributed by atoms with Gasteiger partial charge in [-0.05, 0) is 30.2 Å². The molecule has 1 saturated heterocycles. The number of aliphatic imine (C=N–C) groups is 1. The van der Waals surface area contributed by atoms with E-state index in [9.17, 15) is 0 Å². The molecule has 1 atom stereocenters. The molecule has 6 heteroatoms. The van der Waals surface area contributed by atoms with Crippen LogP contribution in [-0.2, 0) is 13.6 Å². The third kappa shape index (κ3) is 3.53. The Bertz CT molecular complexity index is 692. The van der Waals surface area contributed by atoms with Crippen LogP contribution in [0.3, 0.4) is 0 Å².